The monoisotopic (exact) mass is 287 g/mol. The van der Waals surface area contributed by atoms with Crippen molar-refractivity contribution in [1.29, 1.82) is 0 Å². The first-order valence-corrected chi connectivity index (χ1v) is 7.59. The number of nitrogens with zero attached hydrogens (tertiary/aromatic N) is 2. The Bertz CT molecular complexity index is 590. The third-order valence-corrected chi connectivity index (χ3v) is 3.61. The highest BCUT2D eigenvalue weighted by Crippen LogP contribution is 2.24. The van der Waals surface area contributed by atoms with Crippen LogP contribution in [0.4, 0.5) is 0 Å². The molecule has 4 nitrogen and oxygen atoms in total. The van der Waals surface area contributed by atoms with E-state index in [1.54, 1.807) is 0 Å². The molecule has 0 aliphatic carbocycles. The van der Waals surface area contributed by atoms with E-state index in [9.17, 15) is 0 Å². The quantitative estimate of drug-likeness (QED) is 0.851. The Morgan fingerprint density at radius 3 is 2.76 bits per heavy atom. The molecule has 1 aromatic carbocycles. The molecule has 0 amide bonds. The Morgan fingerprint density at radius 2 is 2.10 bits per heavy atom. The summed E-state index contributed by atoms with van der Waals surface area (Å²) in [5.41, 5.74) is 4.58. The first-order chi connectivity index (χ1) is 10.2. The number of nitrogens with one attached hydrogen (secondary N) is 1. The van der Waals surface area contributed by atoms with E-state index in [1.165, 1.54) is 11.1 Å². The molecule has 0 saturated heterocycles. The first-order valence-electron chi connectivity index (χ1n) is 7.59. The first kappa shape index (κ1) is 15.6. The van der Waals surface area contributed by atoms with E-state index in [0.717, 1.165) is 36.6 Å². The van der Waals surface area contributed by atoms with E-state index >= 15 is 0 Å². The summed E-state index contributed by atoms with van der Waals surface area (Å²) in [5.74, 6) is 0.984. The molecule has 0 aliphatic heterocycles. The Kier molecular flexibility index (Phi) is 5.39. The summed E-state index contributed by atoms with van der Waals surface area (Å²) >= 11 is 0. The zero-order valence-corrected chi connectivity index (χ0v) is 13.4. The van der Waals surface area contributed by atoms with E-state index < -0.39 is 0 Å². The van der Waals surface area contributed by atoms with Gasteiger partial charge in [-0.25, -0.2) is 0 Å². The van der Waals surface area contributed by atoms with Crippen LogP contribution in [0.15, 0.2) is 24.3 Å². The van der Waals surface area contributed by atoms with Crippen LogP contribution < -0.4 is 10.1 Å². The normalized spacial score (nSPS) is 10.9. The van der Waals surface area contributed by atoms with Crippen LogP contribution in [-0.4, -0.2) is 16.3 Å². The van der Waals surface area contributed by atoms with Crippen molar-refractivity contribution in [2.45, 2.75) is 40.3 Å². The van der Waals surface area contributed by atoms with Crippen molar-refractivity contribution in [3.8, 4) is 5.75 Å². The molecule has 0 fully saturated rings. The minimum Gasteiger partial charge on any atom is -0.487 e. The Hall–Kier alpha value is -1.81. The van der Waals surface area contributed by atoms with E-state index in [2.05, 4.69) is 55.5 Å². The smallest absolute Gasteiger partial charge is 0.130 e. The molecule has 4 heteroatoms. The minimum absolute atomic E-state index is 0.549. The highest BCUT2D eigenvalue weighted by Gasteiger charge is 2.09. The number of rotatable bonds is 7. The van der Waals surface area contributed by atoms with Crippen LogP contribution in [0.25, 0.3) is 0 Å². The molecular weight excluding hydrogens is 262 g/mol. The summed E-state index contributed by atoms with van der Waals surface area (Å²) in [6.07, 6.45) is 0.948. The largest absolute Gasteiger partial charge is 0.487 e. The van der Waals surface area contributed by atoms with Gasteiger partial charge >= 0.3 is 0 Å². The molecule has 1 N–H and O–H groups in total. The SMILES string of the molecule is CCNCc1cccc(C)c1OCc1cc(CC)nn1C. The zero-order chi connectivity index (χ0) is 15.2. The summed E-state index contributed by atoms with van der Waals surface area (Å²) in [4.78, 5) is 0. The lowest BCUT2D eigenvalue weighted by molar-refractivity contribution is 0.289. The van der Waals surface area contributed by atoms with E-state index in [-0.39, 0.29) is 0 Å². The van der Waals surface area contributed by atoms with Gasteiger partial charge in [0, 0.05) is 19.2 Å². The lowest BCUT2D eigenvalue weighted by Gasteiger charge is -2.14. The molecule has 0 aliphatic rings. The molecule has 21 heavy (non-hydrogen) atoms. The number of aromatic nitrogens is 2. The summed E-state index contributed by atoms with van der Waals surface area (Å²) in [7, 11) is 1.97. The number of para-hydroxylation sites is 1. The lowest BCUT2D eigenvalue weighted by Crippen LogP contribution is -2.13. The third-order valence-electron chi connectivity index (χ3n) is 3.61. The van der Waals surface area contributed by atoms with Crippen LogP contribution in [0, 0.1) is 6.92 Å². The fourth-order valence-electron chi connectivity index (χ4n) is 2.34. The van der Waals surface area contributed by atoms with Gasteiger partial charge < -0.3 is 10.1 Å². The predicted octanol–water partition coefficient (Wildman–Crippen LogP) is 2.98. The fraction of sp³-hybridized carbons (Fsp3) is 0.471. The Balaban J connectivity index is 2.13. The van der Waals surface area contributed by atoms with Crippen LogP contribution in [0.1, 0.15) is 36.4 Å². The van der Waals surface area contributed by atoms with E-state index in [1.807, 2.05) is 11.7 Å². The van der Waals surface area contributed by atoms with Crippen LogP contribution in [-0.2, 0) is 26.6 Å². The van der Waals surface area contributed by atoms with Crippen LogP contribution in [0.5, 0.6) is 5.75 Å². The molecule has 1 aromatic heterocycles. The number of ether oxygens (including phenoxy) is 1. The maximum Gasteiger partial charge on any atom is 0.130 e. The summed E-state index contributed by atoms with van der Waals surface area (Å²) < 4.78 is 7.99. The highest BCUT2D eigenvalue weighted by molar-refractivity contribution is 5.40. The van der Waals surface area contributed by atoms with Crippen molar-refractivity contribution in [3.63, 3.8) is 0 Å². The molecule has 0 saturated carbocycles. The summed E-state index contributed by atoms with van der Waals surface area (Å²) in [6.45, 7) is 8.65. The third kappa shape index (κ3) is 3.85. The Labute approximate surface area is 127 Å². The molecule has 0 spiro atoms. The minimum atomic E-state index is 0.549. The van der Waals surface area contributed by atoms with Crippen molar-refractivity contribution in [3.05, 3.63) is 46.8 Å². The van der Waals surface area contributed by atoms with Crippen LogP contribution in [0.2, 0.25) is 0 Å². The predicted molar refractivity (Wildman–Crippen MR) is 85.5 cm³/mol. The standard InChI is InChI=1S/C17H25N3O/c1-5-15-10-16(20(4)19-15)12-21-17-13(3)8-7-9-14(17)11-18-6-2/h7-10,18H,5-6,11-12H2,1-4H3. The molecule has 2 aromatic rings. The Morgan fingerprint density at radius 1 is 1.29 bits per heavy atom. The molecule has 2 rings (SSSR count). The van der Waals surface area contributed by atoms with Gasteiger partial charge in [0.15, 0.2) is 0 Å². The van der Waals surface area contributed by atoms with Gasteiger partial charge in [-0.3, -0.25) is 4.68 Å². The van der Waals surface area contributed by atoms with Crippen LogP contribution >= 0.6 is 0 Å². The number of hydrogen-bond donors (Lipinski definition) is 1. The van der Waals surface area contributed by atoms with Gasteiger partial charge in [0.25, 0.3) is 0 Å². The molecule has 0 bridgehead atoms. The number of aryl methyl sites for hydroxylation is 3. The highest BCUT2D eigenvalue weighted by atomic mass is 16.5. The van der Waals surface area contributed by atoms with E-state index in [0.29, 0.717) is 6.61 Å². The molecule has 0 radical (unpaired) electrons. The van der Waals surface area contributed by atoms with Gasteiger partial charge in [0.05, 0.1) is 11.4 Å². The lowest BCUT2D eigenvalue weighted by atomic mass is 10.1. The summed E-state index contributed by atoms with van der Waals surface area (Å²) in [6, 6.07) is 8.40. The maximum atomic E-state index is 6.09. The van der Waals surface area contributed by atoms with Crippen molar-refractivity contribution < 1.29 is 4.74 Å². The second-order valence-electron chi connectivity index (χ2n) is 5.24. The van der Waals surface area contributed by atoms with Gasteiger partial charge in [-0.1, -0.05) is 32.0 Å². The molecule has 0 unspecified atom stereocenters. The van der Waals surface area contributed by atoms with Gasteiger partial charge in [0.2, 0.25) is 0 Å². The zero-order valence-electron chi connectivity index (χ0n) is 13.4. The number of benzene rings is 1. The van der Waals surface area contributed by atoms with Crippen LogP contribution in [0.3, 0.4) is 0 Å². The van der Waals surface area contributed by atoms with Gasteiger partial charge in [-0.15, -0.1) is 0 Å². The van der Waals surface area contributed by atoms with Gasteiger partial charge in [-0.05, 0) is 31.5 Å². The maximum absolute atomic E-state index is 6.09. The van der Waals surface area contributed by atoms with Crippen molar-refractivity contribution >= 4 is 0 Å². The molecule has 114 valence electrons. The molecule has 1 heterocycles. The average Bonchev–Trinajstić information content (AvgIpc) is 2.84. The van der Waals surface area contributed by atoms with Gasteiger partial charge in [0.1, 0.15) is 12.4 Å². The van der Waals surface area contributed by atoms with Gasteiger partial charge in [-0.2, -0.15) is 5.10 Å². The molecule has 0 atom stereocenters. The molecular formula is C17H25N3O. The van der Waals surface area contributed by atoms with E-state index in [4.69, 9.17) is 4.74 Å². The average molecular weight is 287 g/mol. The summed E-state index contributed by atoms with van der Waals surface area (Å²) in [5, 5.41) is 7.82. The number of hydrogen-bond acceptors (Lipinski definition) is 3. The second-order valence-corrected chi connectivity index (χ2v) is 5.24. The topological polar surface area (TPSA) is 39.1 Å². The van der Waals surface area contributed by atoms with Crippen molar-refractivity contribution in [1.82, 2.24) is 15.1 Å². The fourth-order valence-corrected chi connectivity index (χ4v) is 2.34. The van der Waals surface area contributed by atoms with Crippen molar-refractivity contribution in [2.24, 2.45) is 7.05 Å². The van der Waals surface area contributed by atoms with Crippen molar-refractivity contribution in [2.75, 3.05) is 6.54 Å². The second kappa shape index (κ2) is 7.27.